The standard InChI is InChI=1S/C37H59N9O11/c1-20(2)30(37(56)57)45-35(54)27-19-29(50)41-17-14-28(49)40-16-7-5-9-26(34(53)46-31(21(3)47)36(55)44-27)43-33(52)25(8-4-6-15-38)42-32(51)24(39)18-22-10-12-23(48)13-11-22/h10-13,20-21,24-27,30-31,47-48H,4-9,14-19,38-39H2,1-3H3,(H,40,49)(H,41,50)(H,42,51)(H,43,52)(H,44,55)(H,45,54)(H,46,53)(H,56,57)/t21-,24-,25-,26+,27+,30-,31+/m0/s1. The maximum atomic E-state index is 13.8. The molecule has 2 rings (SSSR count). The van der Waals surface area contributed by atoms with Gasteiger partial charge in [-0.2, -0.15) is 0 Å². The van der Waals surface area contributed by atoms with Crippen molar-refractivity contribution in [2.75, 3.05) is 19.6 Å². The van der Waals surface area contributed by atoms with Crippen LogP contribution in [0.4, 0.5) is 0 Å². The number of aliphatic carboxylic acids is 1. The number of aliphatic hydroxyl groups is 1. The second-order valence-corrected chi connectivity index (χ2v) is 14.4. The van der Waals surface area contributed by atoms with Gasteiger partial charge in [-0.15, -0.1) is 0 Å². The zero-order valence-corrected chi connectivity index (χ0v) is 32.7. The van der Waals surface area contributed by atoms with Crippen LogP contribution in [-0.4, -0.2) is 125 Å². The molecule has 0 bridgehead atoms. The second-order valence-electron chi connectivity index (χ2n) is 14.4. The van der Waals surface area contributed by atoms with Gasteiger partial charge < -0.3 is 64.0 Å². The number of aliphatic hydroxyl groups excluding tert-OH is 1. The summed E-state index contributed by atoms with van der Waals surface area (Å²) in [5, 5.41) is 47.3. The van der Waals surface area contributed by atoms with E-state index in [2.05, 4.69) is 37.2 Å². The van der Waals surface area contributed by atoms with Gasteiger partial charge in [0.05, 0.1) is 18.6 Å². The molecule has 7 atom stereocenters. The van der Waals surface area contributed by atoms with E-state index in [-0.39, 0.29) is 50.9 Å². The van der Waals surface area contributed by atoms with E-state index >= 15 is 0 Å². The van der Waals surface area contributed by atoms with Gasteiger partial charge in [0.1, 0.15) is 36.0 Å². The van der Waals surface area contributed by atoms with E-state index in [1.807, 2.05) is 0 Å². The molecule has 0 aromatic heterocycles. The molecule has 1 heterocycles. The third-order valence-electron chi connectivity index (χ3n) is 9.17. The highest BCUT2D eigenvalue weighted by molar-refractivity contribution is 5.98. The number of aromatic hydroxyl groups is 1. The highest BCUT2D eigenvalue weighted by Crippen LogP contribution is 2.12. The summed E-state index contributed by atoms with van der Waals surface area (Å²) in [5.74, 6) is -7.49. The molecule has 1 aromatic rings. The van der Waals surface area contributed by atoms with Crippen LogP contribution < -0.4 is 48.7 Å². The minimum absolute atomic E-state index is 0.00169. The van der Waals surface area contributed by atoms with Gasteiger partial charge in [-0.1, -0.05) is 26.0 Å². The Morgan fingerprint density at radius 1 is 0.877 bits per heavy atom. The molecule has 0 radical (unpaired) electrons. The molecule has 1 aliphatic heterocycles. The summed E-state index contributed by atoms with van der Waals surface area (Å²) in [6, 6.07) is -2.22. The summed E-state index contributed by atoms with van der Waals surface area (Å²) >= 11 is 0. The zero-order valence-electron chi connectivity index (χ0n) is 32.7. The number of carboxylic acids is 1. The molecule has 57 heavy (non-hydrogen) atoms. The predicted molar refractivity (Wildman–Crippen MR) is 206 cm³/mol. The number of benzene rings is 1. The monoisotopic (exact) mass is 805 g/mol. The Balaban J connectivity index is 2.37. The summed E-state index contributed by atoms with van der Waals surface area (Å²) in [6.45, 7) is 4.67. The van der Waals surface area contributed by atoms with Crippen LogP contribution in [0, 0.1) is 5.92 Å². The second kappa shape index (κ2) is 24.3. The number of carboxylic acid groups (broad SMARTS) is 1. The topological polar surface area (TPSA) is 334 Å². The van der Waals surface area contributed by atoms with Crippen molar-refractivity contribution in [1.29, 1.82) is 0 Å². The smallest absolute Gasteiger partial charge is 0.326 e. The molecule has 0 unspecified atom stereocenters. The molecule has 20 nitrogen and oxygen atoms in total. The summed E-state index contributed by atoms with van der Waals surface area (Å²) in [7, 11) is 0. The van der Waals surface area contributed by atoms with Gasteiger partial charge in [-0.3, -0.25) is 33.6 Å². The Morgan fingerprint density at radius 2 is 1.54 bits per heavy atom. The average Bonchev–Trinajstić information content (AvgIpc) is 3.14. The van der Waals surface area contributed by atoms with Crippen LogP contribution in [0.15, 0.2) is 24.3 Å². The lowest BCUT2D eigenvalue weighted by Gasteiger charge is -2.28. The Bertz CT molecular complexity index is 1540. The summed E-state index contributed by atoms with van der Waals surface area (Å²) in [4.78, 5) is 105. The number of amides is 7. The molecule has 20 heteroatoms. The van der Waals surface area contributed by atoms with E-state index in [0.717, 1.165) is 0 Å². The maximum Gasteiger partial charge on any atom is 0.326 e. The first-order valence-electron chi connectivity index (χ1n) is 19.1. The van der Waals surface area contributed by atoms with Gasteiger partial charge in [-0.05, 0) is 82.0 Å². The van der Waals surface area contributed by atoms with E-state index in [9.17, 15) is 53.7 Å². The van der Waals surface area contributed by atoms with E-state index in [0.29, 0.717) is 31.4 Å². The molecule has 14 N–H and O–H groups in total. The van der Waals surface area contributed by atoms with Crippen LogP contribution in [0.25, 0.3) is 0 Å². The molecule has 1 fully saturated rings. The number of phenols is 1. The number of hydrogen-bond donors (Lipinski definition) is 12. The van der Waals surface area contributed by atoms with Crippen molar-refractivity contribution in [2.45, 2.75) is 121 Å². The summed E-state index contributed by atoms with van der Waals surface area (Å²) < 4.78 is 0. The minimum Gasteiger partial charge on any atom is -0.508 e. The largest absolute Gasteiger partial charge is 0.508 e. The fourth-order valence-electron chi connectivity index (χ4n) is 5.82. The van der Waals surface area contributed by atoms with Crippen molar-refractivity contribution in [3.8, 4) is 5.75 Å². The molecule has 1 aromatic carbocycles. The molecule has 1 aliphatic rings. The van der Waals surface area contributed by atoms with Crippen LogP contribution >= 0.6 is 0 Å². The normalized spacial score (nSPS) is 21.1. The number of phenolic OH excluding ortho intramolecular Hbond substituents is 1. The van der Waals surface area contributed by atoms with Gasteiger partial charge in [0, 0.05) is 19.5 Å². The molecule has 0 saturated carbocycles. The first-order chi connectivity index (χ1) is 26.9. The van der Waals surface area contributed by atoms with Crippen molar-refractivity contribution >= 4 is 47.3 Å². The third-order valence-corrected chi connectivity index (χ3v) is 9.17. The van der Waals surface area contributed by atoms with Crippen LogP contribution in [-0.2, 0) is 44.8 Å². The first-order valence-corrected chi connectivity index (χ1v) is 19.1. The van der Waals surface area contributed by atoms with Crippen molar-refractivity contribution in [3.63, 3.8) is 0 Å². The van der Waals surface area contributed by atoms with Crippen LogP contribution in [0.3, 0.4) is 0 Å². The molecule has 318 valence electrons. The lowest BCUT2D eigenvalue weighted by molar-refractivity contribution is -0.144. The van der Waals surface area contributed by atoms with Gasteiger partial charge >= 0.3 is 5.97 Å². The SMILES string of the molecule is CC(C)[C@H](NC(=O)[C@H]1CC(=O)NCCC(=O)NCCCC[C@@H](NC(=O)[C@H](CCCCN)NC(=O)[C@@H](N)Cc2ccc(O)cc2)C(=O)N[C@H]([C@H](C)O)C(=O)N1)C(=O)O. The number of carbonyl (C=O) groups excluding carboxylic acids is 7. The molecular formula is C37H59N9O11. The van der Waals surface area contributed by atoms with Gasteiger partial charge in [0.25, 0.3) is 0 Å². The molecular weight excluding hydrogens is 746 g/mol. The van der Waals surface area contributed by atoms with Crippen LogP contribution in [0.5, 0.6) is 5.75 Å². The van der Waals surface area contributed by atoms with Gasteiger partial charge in [0.2, 0.25) is 41.4 Å². The number of nitrogens with two attached hydrogens (primary N) is 2. The van der Waals surface area contributed by atoms with Crippen molar-refractivity contribution in [1.82, 2.24) is 37.2 Å². The first kappa shape index (κ1) is 47.8. The van der Waals surface area contributed by atoms with E-state index in [1.165, 1.54) is 19.1 Å². The molecule has 0 spiro atoms. The molecule has 1 saturated heterocycles. The maximum absolute atomic E-state index is 13.8. The number of carbonyl (C=O) groups is 8. The highest BCUT2D eigenvalue weighted by Gasteiger charge is 2.35. The lowest BCUT2D eigenvalue weighted by Crippen LogP contribution is -2.62. The third kappa shape index (κ3) is 17.1. The van der Waals surface area contributed by atoms with Crippen molar-refractivity contribution in [2.24, 2.45) is 17.4 Å². The Labute approximate surface area is 331 Å². The molecule has 0 aliphatic carbocycles. The predicted octanol–water partition coefficient (Wildman–Crippen LogP) is -2.87. The fraction of sp³-hybridized carbons (Fsp3) is 0.622. The Morgan fingerprint density at radius 3 is 2.16 bits per heavy atom. The Kier molecular flexibility index (Phi) is 20.4. The average molecular weight is 806 g/mol. The number of unbranched alkanes of at least 4 members (excludes halogenated alkanes) is 1. The summed E-state index contributed by atoms with van der Waals surface area (Å²) in [5.41, 5.74) is 12.5. The van der Waals surface area contributed by atoms with Gasteiger partial charge in [0.15, 0.2) is 0 Å². The highest BCUT2D eigenvalue weighted by atomic mass is 16.4. The van der Waals surface area contributed by atoms with E-state index < -0.39 is 102 Å². The minimum atomic E-state index is -1.72. The van der Waals surface area contributed by atoms with Crippen LogP contribution in [0.2, 0.25) is 0 Å². The van der Waals surface area contributed by atoms with E-state index in [1.54, 1.807) is 26.0 Å². The number of rotatable bonds is 15. The van der Waals surface area contributed by atoms with Crippen molar-refractivity contribution < 1.29 is 53.7 Å². The van der Waals surface area contributed by atoms with Crippen molar-refractivity contribution in [3.05, 3.63) is 29.8 Å². The van der Waals surface area contributed by atoms with E-state index in [4.69, 9.17) is 11.5 Å². The number of nitrogens with one attached hydrogen (secondary N) is 7. The quantitative estimate of drug-likeness (QED) is 0.0795. The fourth-order valence-corrected chi connectivity index (χ4v) is 5.82. The number of hydrogen-bond acceptors (Lipinski definition) is 12. The lowest BCUT2D eigenvalue weighted by atomic mass is 10.0. The Hall–Kier alpha value is -5.34. The summed E-state index contributed by atoms with van der Waals surface area (Å²) in [6.07, 6.45) is -0.535. The molecule has 7 amide bonds. The van der Waals surface area contributed by atoms with Gasteiger partial charge in [-0.25, -0.2) is 4.79 Å². The van der Waals surface area contributed by atoms with Crippen LogP contribution in [0.1, 0.15) is 77.7 Å². The zero-order chi connectivity index (χ0) is 42.7.